The molecule has 8 heteroatoms. The molecule has 0 radical (unpaired) electrons. The monoisotopic (exact) mass is 490 g/mol. The number of aromatic nitrogens is 1. The van der Waals surface area contributed by atoms with Crippen LogP contribution in [0.15, 0.2) is 28.7 Å². The molecule has 2 aliphatic heterocycles. The Kier molecular flexibility index (Phi) is 5.16. The van der Waals surface area contributed by atoms with Gasteiger partial charge in [0.2, 0.25) is 5.88 Å². The Labute approximate surface area is 189 Å². The van der Waals surface area contributed by atoms with Gasteiger partial charge in [0.25, 0.3) is 0 Å². The molecule has 3 aliphatic rings. The number of carbonyl (C=O) groups is 1. The van der Waals surface area contributed by atoms with Crippen LogP contribution in [0, 0.1) is 0 Å². The number of rotatable bonds is 3. The molecule has 158 valence electrons. The van der Waals surface area contributed by atoms with E-state index in [0.717, 1.165) is 61.0 Å². The summed E-state index contributed by atoms with van der Waals surface area (Å²) in [4.78, 5) is 19.2. The number of aryl methyl sites for hydroxylation is 1. The van der Waals surface area contributed by atoms with E-state index in [0.29, 0.717) is 10.9 Å². The number of ether oxygens (including phenoxy) is 1. The molecule has 2 amide bonds. The number of likely N-dealkylation sites (tertiary alicyclic amines) is 1. The molecule has 1 unspecified atom stereocenters. The summed E-state index contributed by atoms with van der Waals surface area (Å²) in [5, 5.41) is 6.71. The predicted octanol–water partition coefficient (Wildman–Crippen LogP) is 4.31. The fraction of sp³-hybridized carbons (Fsp3) is 0.455. The molecule has 1 aliphatic carbocycles. The summed E-state index contributed by atoms with van der Waals surface area (Å²) in [6, 6.07) is 8.24. The fourth-order valence-corrected chi connectivity index (χ4v) is 5.77. The van der Waals surface area contributed by atoms with E-state index in [1.54, 1.807) is 7.11 Å². The van der Waals surface area contributed by atoms with E-state index in [2.05, 4.69) is 37.5 Å². The number of pyridine rings is 1. The van der Waals surface area contributed by atoms with E-state index in [9.17, 15) is 4.79 Å². The lowest BCUT2D eigenvalue weighted by Crippen LogP contribution is -2.59. The van der Waals surface area contributed by atoms with Gasteiger partial charge in [-0.1, -0.05) is 23.7 Å². The molecule has 30 heavy (non-hydrogen) atoms. The molecule has 2 fully saturated rings. The van der Waals surface area contributed by atoms with Crippen LogP contribution in [0.1, 0.15) is 36.4 Å². The number of fused-ring (bicyclic) bond motifs is 1. The normalized spacial score (nSPS) is 25.8. The van der Waals surface area contributed by atoms with E-state index < -0.39 is 0 Å². The second-order valence-corrected chi connectivity index (χ2v) is 9.61. The van der Waals surface area contributed by atoms with Crippen molar-refractivity contribution in [2.75, 3.05) is 26.7 Å². The minimum atomic E-state index is -0.116. The number of carbonyl (C=O) groups excluding carboxylic acids is 1. The smallest absolute Gasteiger partial charge is 0.315 e. The van der Waals surface area contributed by atoms with E-state index in [-0.39, 0.29) is 17.6 Å². The van der Waals surface area contributed by atoms with Gasteiger partial charge < -0.3 is 15.4 Å². The second-order valence-electron chi connectivity index (χ2n) is 8.38. The van der Waals surface area contributed by atoms with Crippen LogP contribution in [0.5, 0.6) is 5.88 Å². The zero-order valence-electron chi connectivity index (χ0n) is 16.8. The van der Waals surface area contributed by atoms with Crippen LogP contribution >= 0.6 is 27.5 Å². The van der Waals surface area contributed by atoms with Gasteiger partial charge >= 0.3 is 6.03 Å². The topological polar surface area (TPSA) is 66.5 Å². The SMILES string of the molecule is COc1nc(-c2cccc(Br)c2Cl)cc2c1C(N1CC[C@@]3(CCNC(=O)N3)C1)CC2. The van der Waals surface area contributed by atoms with Gasteiger partial charge in [0.05, 0.1) is 23.4 Å². The number of methoxy groups -OCH3 is 1. The lowest BCUT2D eigenvalue weighted by molar-refractivity contribution is 0.187. The highest BCUT2D eigenvalue weighted by atomic mass is 79.9. The fourth-order valence-electron chi connectivity index (χ4n) is 5.18. The molecule has 3 heterocycles. The summed E-state index contributed by atoms with van der Waals surface area (Å²) >= 11 is 10.0. The molecule has 5 rings (SSSR count). The molecule has 2 aromatic rings. The molecule has 0 bridgehead atoms. The first-order valence-corrected chi connectivity index (χ1v) is 11.5. The van der Waals surface area contributed by atoms with Crippen LogP contribution < -0.4 is 15.4 Å². The number of nitrogens with zero attached hydrogens (tertiary/aromatic N) is 2. The minimum Gasteiger partial charge on any atom is -0.481 e. The third-order valence-electron chi connectivity index (χ3n) is 6.64. The summed E-state index contributed by atoms with van der Waals surface area (Å²) in [5.74, 6) is 0.677. The molecular formula is C22H24BrClN4O2. The van der Waals surface area contributed by atoms with Gasteiger partial charge in [-0.15, -0.1) is 0 Å². The van der Waals surface area contributed by atoms with Crippen LogP contribution in [0.3, 0.4) is 0 Å². The number of benzene rings is 1. The number of amides is 2. The van der Waals surface area contributed by atoms with Crippen molar-refractivity contribution in [2.45, 2.75) is 37.3 Å². The van der Waals surface area contributed by atoms with Crippen LogP contribution in [-0.2, 0) is 6.42 Å². The third-order valence-corrected chi connectivity index (χ3v) is 7.94. The first kappa shape index (κ1) is 20.1. The highest BCUT2D eigenvalue weighted by molar-refractivity contribution is 9.10. The van der Waals surface area contributed by atoms with Crippen molar-refractivity contribution in [1.82, 2.24) is 20.5 Å². The van der Waals surface area contributed by atoms with Gasteiger partial charge in [-0.05, 0) is 59.3 Å². The average Bonchev–Trinajstić information content (AvgIpc) is 3.33. The highest BCUT2D eigenvalue weighted by Gasteiger charge is 2.45. The van der Waals surface area contributed by atoms with Crippen LogP contribution in [-0.4, -0.2) is 48.2 Å². The quantitative estimate of drug-likeness (QED) is 0.671. The Bertz CT molecular complexity index is 1020. The predicted molar refractivity (Wildman–Crippen MR) is 120 cm³/mol. The summed E-state index contributed by atoms with van der Waals surface area (Å²) < 4.78 is 6.61. The van der Waals surface area contributed by atoms with Crippen molar-refractivity contribution in [1.29, 1.82) is 0 Å². The Morgan fingerprint density at radius 1 is 1.37 bits per heavy atom. The van der Waals surface area contributed by atoms with Crippen molar-refractivity contribution in [3.8, 4) is 17.1 Å². The molecule has 1 aromatic carbocycles. The number of hydrogen-bond donors (Lipinski definition) is 2. The second kappa shape index (κ2) is 7.70. The Balaban J connectivity index is 1.47. The average molecular weight is 492 g/mol. The van der Waals surface area contributed by atoms with E-state index >= 15 is 0 Å². The molecule has 1 aromatic heterocycles. The number of nitrogens with one attached hydrogen (secondary N) is 2. The van der Waals surface area contributed by atoms with Crippen molar-refractivity contribution in [3.63, 3.8) is 0 Å². The molecule has 2 saturated heterocycles. The van der Waals surface area contributed by atoms with E-state index in [1.807, 2.05) is 18.2 Å². The Hall–Kier alpha value is -1.83. The number of hydrogen-bond acceptors (Lipinski definition) is 4. The Morgan fingerprint density at radius 2 is 2.23 bits per heavy atom. The lowest BCUT2D eigenvalue weighted by atomic mass is 9.93. The van der Waals surface area contributed by atoms with Crippen LogP contribution in [0.2, 0.25) is 5.02 Å². The van der Waals surface area contributed by atoms with Gasteiger partial charge in [-0.2, -0.15) is 0 Å². The summed E-state index contributed by atoms with van der Waals surface area (Å²) in [7, 11) is 1.68. The van der Waals surface area contributed by atoms with Gasteiger partial charge in [-0.25, -0.2) is 9.78 Å². The maximum Gasteiger partial charge on any atom is 0.315 e. The maximum absolute atomic E-state index is 11.9. The van der Waals surface area contributed by atoms with Crippen molar-refractivity contribution in [2.24, 2.45) is 0 Å². The largest absolute Gasteiger partial charge is 0.481 e. The molecule has 2 atom stereocenters. The summed E-state index contributed by atoms with van der Waals surface area (Å²) in [6.07, 6.45) is 3.96. The lowest BCUT2D eigenvalue weighted by Gasteiger charge is -2.36. The van der Waals surface area contributed by atoms with Crippen LogP contribution in [0.25, 0.3) is 11.3 Å². The maximum atomic E-state index is 11.9. The van der Waals surface area contributed by atoms with Crippen molar-refractivity contribution in [3.05, 3.63) is 44.9 Å². The summed E-state index contributed by atoms with van der Waals surface area (Å²) in [6.45, 7) is 2.57. The van der Waals surface area contributed by atoms with Crippen LogP contribution in [0.4, 0.5) is 4.79 Å². The molecule has 1 spiro atoms. The highest BCUT2D eigenvalue weighted by Crippen LogP contribution is 2.45. The molecule has 2 N–H and O–H groups in total. The third kappa shape index (κ3) is 3.37. The van der Waals surface area contributed by atoms with Gasteiger partial charge in [0, 0.05) is 41.3 Å². The first-order chi connectivity index (χ1) is 14.5. The first-order valence-electron chi connectivity index (χ1n) is 10.3. The van der Waals surface area contributed by atoms with Gasteiger partial charge in [0.1, 0.15) is 0 Å². The standard InChI is InChI=1S/C22H24BrClN4O2/c1-30-20-18-13(11-16(26-20)14-3-2-4-15(23)19(14)24)5-6-17(18)28-10-8-22(12-28)7-9-25-21(29)27-22/h2-4,11,17H,5-10,12H2,1H3,(H2,25,27,29)/t17?,22-/m0/s1. The molecular weight excluding hydrogens is 468 g/mol. The van der Waals surface area contributed by atoms with E-state index in [1.165, 1.54) is 11.1 Å². The van der Waals surface area contributed by atoms with Gasteiger partial charge in [0.15, 0.2) is 0 Å². The summed E-state index contributed by atoms with van der Waals surface area (Å²) in [5.41, 5.74) is 4.07. The molecule has 6 nitrogen and oxygen atoms in total. The zero-order valence-corrected chi connectivity index (χ0v) is 19.1. The minimum absolute atomic E-state index is 0.0512. The number of halogens is 2. The van der Waals surface area contributed by atoms with Crippen molar-refractivity contribution < 1.29 is 9.53 Å². The van der Waals surface area contributed by atoms with E-state index in [4.69, 9.17) is 21.3 Å². The molecule has 0 saturated carbocycles. The number of urea groups is 1. The van der Waals surface area contributed by atoms with Gasteiger partial charge in [-0.3, -0.25) is 4.90 Å². The van der Waals surface area contributed by atoms with Crippen molar-refractivity contribution >= 4 is 33.6 Å². The zero-order chi connectivity index (χ0) is 20.9. The Morgan fingerprint density at radius 3 is 3.03 bits per heavy atom.